The summed E-state index contributed by atoms with van der Waals surface area (Å²) < 4.78 is 33.9. The average Bonchev–Trinajstić information content (AvgIpc) is 2.53. The second-order valence-electron chi connectivity index (χ2n) is 7.15. The van der Waals surface area contributed by atoms with Gasteiger partial charge in [-0.15, -0.1) is 0 Å². The van der Waals surface area contributed by atoms with Crippen molar-refractivity contribution >= 4 is 31.9 Å². The van der Waals surface area contributed by atoms with Gasteiger partial charge >= 0.3 is 5.97 Å². The Morgan fingerprint density at radius 2 is 1.69 bits per heavy atom. The Kier molecular flexibility index (Phi) is 9.27. The number of hydrogen-bond donors (Lipinski definition) is 0. The Morgan fingerprint density at radius 3 is 2.15 bits per heavy atom. The summed E-state index contributed by atoms with van der Waals surface area (Å²) in [6.07, 6.45) is 1.09. The largest absolute Gasteiger partial charge is 0.465 e. The van der Waals surface area contributed by atoms with Gasteiger partial charge in [0, 0.05) is 11.0 Å². The summed E-state index contributed by atoms with van der Waals surface area (Å²) in [5.74, 6) is -0.00349. The fraction of sp³-hybridized carbons (Fsp3) is 0.632. The highest BCUT2D eigenvalue weighted by Gasteiger charge is 2.37. The van der Waals surface area contributed by atoms with Crippen molar-refractivity contribution in [2.24, 2.45) is 11.8 Å². The number of carbonyl (C=O) groups excluding carboxylic acids is 1. The molecule has 5 nitrogen and oxygen atoms in total. The van der Waals surface area contributed by atoms with E-state index in [2.05, 4.69) is 15.9 Å². The molecule has 0 fully saturated rings. The first-order valence-corrected chi connectivity index (χ1v) is 11.3. The van der Waals surface area contributed by atoms with Crippen LogP contribution in [0.5, 0.6) is 0 Å². The van der Waals surface area contributed by atoms with Gasteiger partial charge in [-0.2, -0.15) is 4.31 Å². The smallest absolute Gasteiger partial charge is 0.324 e. The van der Waals surface area contributed by atoms with Crippen LogP contribution in [0.25, 0.3) is 0 Å². The highest BCUT2D eigenvalue weighted by molar-refractivity contribution is 9.10. The van der Waals surface area contributed by atoms with Crippen molar-refractivity contribution in [1.82, 2.24) is 4.31 Å². The Labute approximate surface area is 166 Å². The van der Waals surface area contributed by atoms with Crippen LogP contribution in [0, 0.1) is 11.8 Å². The van der Waals surface area contributed by atoms with Gasteiger partial charge in [0.05, 0.1) is 11.5 Å². The van der Waals surface area contributed by atoms with Gasteiger partial charge in [-0.3, -0.25) is 4.79 Å². The predicted octanol–water partition coefficient (Wildman–Crippen LogP) is 4.46. The van der Waals surface area contributed by atoms with Gasteiger partial charge < -0.3 is 4.74 Å². The number of esters is 1. The molecule has 1 aromatic carbocycles. The van der Waals surface area contributed by atoms with E-state index in [9.17, 15) is 13.2 Å². The summed E-state index contributed by atoms with van der Waals surface area (Å²) in [5, 5.41) is 0. The van der Waals surface area contributed by atoms with E-state index in [1.165, 1.54) is 4.31 Å². The van der Waals surface area contributed by atoms with Crippen LogP contribution >= 0.6 is 15.9 Å². The molecule has 0 spiro atoms. The van der Waals surface area contributed by atoms with Crippen molar-refractivity contribution in [2.75, 3.05) is 13.2 Å². The monoisotopic (exact) mass is 447 g/mol. The first kappa shape index (κ1) is 23.1. The lowest BCUT2D eigenvalue weighted by atomic mass is 10.0. The zero-order chi connectivity index (χ0) is 19.9. The molecular formula is C19H30BrNO4S. The lowest BCUT2D eigenvalue weighted by Gasteiger charge is -2.31. The van der Waals surface area contributed by atoms with Crippen LogP contribution in [0.3, 0.4) is 0 Å². The van der Waals surface area contributed by atoms with E-state index in [4.69, 9.17) is 4.74 Å². The first-order chi connectivity index (χ1) is 12.1. The van der Waals surface area contributed by atoms with Crippen LogP contribution in [0.4, 0.5) is 0 Å². The van der Waals surface area contributed by atoms with Gasteiger partial charge in [0.25, 0.3) is 0 Å². The van der Waals surface area contributed by atoms with Crippen LogP contribution in [-0.2, 0) is 19.6 Å². The molecule has 1 rings (SSSR count). The molecule has 0 saturated carbocycles. The zero-order valence-corrected chi connectivity index (χ0v) is 18.6. The second-order valence-corrected chi connectivity index (χ2v) is 9.96. The standard InChI is InChI=1S/C19H30BrNO4S/c1-6-25-19(22)18(13-15(4)5)21(12-11-14(2)3)26(23,24)17-9-7-16(20)8-10-17/h7-10,14-15,18H,6,11-13H2,1-5H3. The summed E-state index contributed by atoms with van der Waals surface area (Å²) in [4.78, 5) is 12.7. The molecule has 0 aliphatic carbocycles. The molecule has 0 bridgehead atoms. The van der Waals surface area contributed by atoms with Gasteiger partial charge in [-0.1, -0.05) is 43.6 Å². The van der Waals surface area contributed by atoms with Crippen LogP contribution in [-0.4, -0.2) is 37.9 Å². The van der Waals surface area contributed by atoms with Gasteiger partial charge in [0.1, 0.15) is 6.04 Å². The van der Waals surface area contributed by atoms with E-state index >= 15 is 0 Å². The minimum Gasteiger partial charge on any atom is -0.465 e. The Hall–Kier alpha value is -0.920. The van der Waals surface area contributed by atoms with E-state index in [0.717, 1.165) is 4.47 Å². The molecule has 0 heterocycles. The molecule has 1 unspecified atom stereocenters. The number of carbonyl (C=O) groups is 1. The van der Waals surface area contributed by atoms with E-state index in [1.807, 2.05) is 27.7 Å². The van der Waals surface area contributed by atoms with Crippen molar-refractivity contribution in [3.05, 3.63) is 28.7 Å². The van der Waals surface area contributed by atoms with Gasteiger partial charge in [-0.05, 0) is 55.9 Å². The van der Waals surface area contributed by atoms with Crippen molar-refractivity contribution in [1.29, 1.82) is 0 Å². The van der Waals surface area contributed by atoms with Crippen LogP contribution in [0.2, 0.25) is 0 Å². The molecule has 1 aromatic rings. The normalized spacial score (nSPS) is 13.4. The molecule has 0 radical (unpaired) electrons. The minimum absolute atomic E-state index is 0.158. The molecule has 0 aliphatic heterocycles. The number of halogens is 1. The maximum absolute atomic E-state index is 13.3. The third-order valence-electron chi connectivity index (χ3n) is 3.95. The average molecular weight is 448 g/mol. The molecule has 0 aliphatic rings. The Morgan fingerprint density at radius 1 is 1.12 bits per heavy atom. The molecule has 26 heavy (non-hydrogen) atoms. The maximum Gasteiger partial charge on any atom is 0.324 e. The lowest BCUT2D eigenvalue weighted by Crippen LogP contribution is -2.47. The summed E-state index contributed by atoms with van der Waals surface area (Å²) in [6.45, 7) is 10.2. The van der Waals surface area contributed by atoms with Crippen molar-refractivity contribution in [3.8, 4) is 0 Å². The maximum atomic E-state index is 13.3. The number of nitrogens with zero attached hydrogens (tertiary/aromatic N) is 1. The third-order valence-corrected chi connectivity index (χ3v) is 6.40. The zero-order valence-electron chi connectivity index (χ0n) is 16.2. The molecular weight excluding hydrogens is 418 g/mol. The van der Waals surface area contributed by atoms with Crippen molar-refractivity contribution in [3.63, 3.8) is 0 Å². The van der Waals surface area contributed by atoms with Crippen LogP contribution < -0.4 is 0 Å². The van der Waals surface area contributed by atoms with E-state index in [0.29, 0.717) is 18.8 Å². The highest BCUT2D eigenvalue weighted by atomic mass is 79.9. The summed E-state index contributed by atoms with van der Waals surface area (Å²) in [6, 6.07) is 5.67. The summed E-state index contributed by atoms with van der Waals surface area (Å²) >= 11 is 3.32. The molecule has 148 valence electrons. The number of ether oxygens (including phenoxy) is 1. The van der Waals surface area contributed by atoms with Crippen LogP contribution in [0.15, 0.2) is 33.6 Å². The first-order valence-electron chi connectivity index (χ1n) is 9.03. The van der Waals surface area contributed by atoms with Crippen molar-refractivity contribution in [2.45, 2.75) is 58.4 Å². The SMILES string of the molecule is CCOC(=O)C(CC(C)C)N(CCC(C)C)S(=O)(=O)c1ccc(Br)cc1. The lowest BCUT2D eigenvalue weighted by molar-refractivity contribution is -0.148. The van der Waals surface area contributed by atoms with Crippen molar-refractivity contribution < 1.29 is 17.9 Å². The Bertz CT molecular complexity index is 671. The molecule has 0 N–H and O–H groups in total. The second kappa shape index (κ2) is 10.4. The van der Waals surface area contributed by atoms with Gasteiger partial charge in [0.15, 0.2) is 0 Å². The molecule has 7 heteroatoms. The van der Waals surface area contributed by atoms with E-state index in [1.54, 1.807) is 31.2 Å². The topological polar surface area (TPSA) is 63.7 Å². The van der Waals surface area contributed by atoms with Gasteiger partial charge in [0.2, 0.25) is 10.0 Å². The molecule has 0 aromatic heterocycles. The number of sulfonamides is 1. The van der Waals surface area contributed by atoms with E-state index in [-0.39, 0.29) is 24.0 Å². The molecule has 0 amide bonds. The number of benzene rings is 1. The number of hydrogen-bond acceptors (Lipinski definition) is 4. The highest BCUT2D eigenvalue weighted by Crippen LogP contribution is 2.25. The van der Waals surface area contributed by atoms with Crippen LogP contribution in [0.1, 0.15) is 47.5 Å². The Balaban J connectivity index is 3.33. The fourth-order valence-electron chi connectivity index (χ4n) is 2.59. The fourth-order valence-corrected chi connectivity index (χ4v) is 4.46. The van der Waals surface area contributed by atoms with Gasteiger partial charge in [-0.25, -0.2) is 8.42 Å². The van der Waals surface area contributed by atoms with E-state index < -0.39 is 22.0 Å². The number of rotatable bonds is 10. The third kappa shape index (κ3) is 6.67. The predicted molar refractivity (Wildman–Crippen MR) is 107 cm³/mol. The molecule has 1 atom stereocenters. The molecule has 0 saturated heterocycles. The summed E-state index contributed by atoms with van der Waals surface area (Å²) in [7, 11) is -3.81. The summed E-state index contributed by atoms with van der Waals surface area (Å²) in [5.41, 5.74) is 0. The quantitative estimate of drug-likeness (QED) is 0.496. The minimum atomic E-state index is -3.81.